The quantitative estimate of drug-likeness (QED) is 0.507. The first-order valence-electron chi connectivity index (χ1n) is 9.44. The van der Waals surface area contributed by atoms with Gasteiger partial charge in [-0.3, -0.25) is 4.79 Å². The standard InChI is InChI=1S/C21H22ClNO5S/c22-18-10-8-16(9-11-18)20(24)15-28-21(25)17-6-5-7-19(14-17)29(26,27)23-12-3-1-2-4-13-23/h5-11,14H,1-4,12-13,15H2. The Morgan fingerprint density at radius 1 is 0.931 bits per heavy atom. The van der Waals surface area contributed by atoms with Gasteiger partial charge in [0.05, 0.1) is 10.5 Å². The van der Waals surface area contributed by atoms with Gasteiger partial charge >= 0.3 is 5.97 Å². The fourth-order valence-corrected chi connectivity index (χ4v) is 4.84. The third-order valence-corrected chi connectivity index (χ3v) is 6.92. The fourth-order valence-electron chi connectivity index (χ4n) is 3.15. The Morgan fingerprint density at radius 3 is 2.24 bits per heavy atom. The van der Waals surface area contributed by atoms with Crippen molar-refractivity contribution in [2.24, 2.45) is 0 Å². The van der Waals surface area contributed by atoms with E-state index in [1.807, 2.05) is 0 Å². The highest BCUT2D eigenvalue weighted by molar-refractivity contribution is 7.89. The lowest BCUT2D eigenvalue weighted by Gasteiger charge is -2.20. The van der Waals surface area contributed by atoms with Crippen molar-refractivity contribution in [2.45, 2.75) is 30.6 Å². The number of hydrogen-bond acceptors (Lipinski definition) is 5. The van der Waals surface area contributed by atoms with E-state index in [9.17, 15) is 18.0 Å². The third kappa shape index (κ3) is 5.44. The molecule has 1 aliphatic rings. The smallest absolute Gasteiger partial charge is 0.338 e. The maximum absolute atomic E-state index is 12.9. The lowest BCUT2D eigenvalue weighted by molar-refractivity contribution is 0.0474. The molecule has 3 rings (SSSR count). The maximum atomic E-state index is 12.9. The van der Waals surface area contributed by atoms with Gasteiger partial charge in [0.1, 0.15) is 0 Å². The summed E-state index contributed by atoms with van der Waals surface area (Å²) in [6.07, 6.45) is 3.68. The number of halogens is 1. The summed E-state index contributed by atoms with van der Waals surface area (Å²) in [6.45, 7) is 0.517. The first kappa shape index (κ1) is 21.5. The van der Waals surface area contributed by atoms with Crippen LogP contribution >= 0.6 is 11.6 Å². The first-order chi connectivity index (χ1) is 13.9. The largest absolute Gasteiger partial charge is 0.454 e. The minimum Gasteiger partial charge on any atom is -0.454 e. The van der Waals surface area contributed by atoms with Crippen molar-refractivity contribution in [3.8, 4) is 0 Å². The number of ketones is 1. The van der Waals surface area contributed by atoms with Gasteiger partial charge in [-0.2, -0.15) is 4.31 Å². The summed E-state index contributed by atoms with van der Waals surface area (Å²) >= 11 is 5.79. The van der Waals surface area contributed by atoms with E-state index in [4.69, 9.17) is 16.3 Å². The van der Waals surface area contributed by atoms with Crippen LogP contribution in [0.3, 0.4) is 0 Å². The Labute approximate surface area is 175 Å². The van der Waals surface area contributed by atoms with Gasteiger partial charge in [-0.1, -0.05) is 30.5 Å². The summed E-state index contributed by atoms with van der Waals surface area (Å²) < 4.78 is 32.3. The molecule has 1 aliphatic heterocycles. The highest BCUT2D eigenvalue weighted by Gasteiger charge is 2.26. The Bertz CT molecular complexity index is 980. The molecule has 0 N–H and O–H groups in total. The number of Topliss-reactive ketones (excluding diaryl/α,β-unsaturated/α-hetero) is 1. The van der Waals surface area contributed by atoms with E-state index in [0.29, 0.717) is 23.7 Å². The van der Waals surface area contributed by atoms with E-state index >= 15 is 0 Å². The summed E-state index contributed by atoms with van der Waals surface area (Å²) in [4.78, 5) is 24.5. The van der Waals surface area contributed by atoms with E-state index in [0.717, 1.165) is 25.7 Å². The molecular weight excluding hydrogens is 414 g/mol. The zero-order valence-corrected chi connectivity index (χ0v) is 17.4. The van der Waals surface area contributed by atoms with Gasteiger partial charge in [0.2, 0.25) is 10.0 Å². The minimum absolute atomic E-state index is 0.0536. The van der Waals surface area contributed by atoms with Crippen LogP contribution in [0.2, 0.25) is 5.02 Å². The molecule has 0 radical (unpaired) electrons. The fraction of sp³-hybridized carbons (Fsp3) is 0.333. The van der Waals surface area contributed by atoms with Crippen molar-refractivity contribution in [1.82, 2.24) is 4.31 Å². The number of esters is 1. The molecule has 1 heterocycles. The molecule has 2 aromatic carbocycles. The molecule has 0 aliphatic carbocycles. The van der Waals surface area contributed by atoms with Gasteiger partial charge < -0.3 is 4.74 Å². The predicted octanol–water partition coefficient (Wildman–Crippen LogP) is 3.94. The van der Waals surface area contributed by atoms with Crippen LogP contribution in [0.4, 0.5) is 0 Å². The molecule has 0 saturated carbocycles. The van der Waals surface area contributed by atoms with E-state index < -0.39 is 22.6 Å². The van der Waals surface area contributed by atoms with Crippen LogP contribution in [0.15, 0.2) is 53.4 Å². The van der Waals surface area contributed by atoms with Crippen molar-refractivity contribution >= 4 is 33.4 Å². The second-order valence-electron chi connectivity index (χ2n) is 6.85. The molecule has 29 heavy (non-hydrogen) atoms. The van der Waals surface area contributed by atoms with Crippen molar-refractivity contribution in [3.05, 3.63) is 64.7 Å². The van der Waals surface area contributed by atoms with Crippen molar-refractivity contribution < 1.29 is 22.7 Å². The van der Waals surface area contributed by atoms with E-state index in [1.165, 1.54) is 28.6 Å². The van der Waals surface area contributed by atoms with E-state index in [1.54, 1.807) is 24.3 Å². The van der Waals surface area contributed by atoms with Crippen LogP contribution in [0, 0.1) is 0 Å². The molecule has 0 unspecified atom stereocenters. The van der Waals surface area contributed by atoms with Crippen LogP contribution in [0.25, 0.3) is 0 Å². The SMILES string of the molecule is O=C(COC(=O)c1cccc(S(=O)(=O)N2CCCCCC2)c1)c1ccc(Cl)cc1. The number of hydrogen-bond donors (Lipinski definition) is 0. The zero-order valence-electron chi connectivity index (χ0n) is 15.8. The van der Waals surface area contributed by atoms with Crippen LogP contribution in [0.1, 0.15) is 46.4 Å². The molecule has 0 bridgehead atoms. The second-order valence-corrected chi connectivity index (χ2v) is 9.23. The van der Waals surface area contributed by atoms with Crippen LogP contribution < -0.4 is 0 Å². The molecule has 0 atom stereocenters. The molecule has 154 valence electrons. The Morgan fingerprint density at radius 2 is 1.59 bits per heavy atom. The molecule has 1 saturated heterocycles. The van der Waals surface area contributed by atoms with Crippen LogP contribution in [-0.4, -0.2) is 44.2 Å². The molecule has 8 heteroatoms. The highest BCUT2D eigenvalue weighted by Crippen LogP contribution is 2.21. The Kier molecular flexibility index (Phi) is 7.05. The summed E-state index contributed by atoms with van der Waals surface area (Å²) in [5.74, 6) is -1.12. The summed E-state index contributed by atoms with van der Waals surface area (Å²) in [7, 11) is -3.67. The average molecular weight is 436 g/mol. The van der Waals surface area contributed by atoms with Gasteiger partial charge in [-0.15, -0.1) is 0 Å². The monoisotopic (exact) mass is 435 g/mol. The number of carbonyl (C=O) groups is 2. The van der Waals surface area contributed by atoms with E-state index in [2.05, 4.69) is 0 Å². The van der Waals surface area contributed by atoms with Gasteiger partial charge in [0, 0.05) is 23.7 Å². The highest BCUT2D eigenvalue weighted by atomic mass is 35.5. The zero-order chi connectivity index (χ0) is 20.9. The van der Waals surface area contributed by atoms with Gasteiger partial charge in [0.25, 0.3) is 0 Å². The van der Waals surface area contributed by atoms with Crippen molar-refractivity contribution in [1.29, 1.82) is 0 Å². The number of ether oxygens (including phenoxy) is 1. The van der Waals surface area contributed by atoms with Crippen molar-refractivity contribution in [2.75, 3.05) is 19.7 Å². The molecular formula is C21H22ClNO5S. The van der Waals surface area contributed by atoms with Crippen LogP contribution in [-0.2, 0) is 14.8 Å². The second kappa shape index (κ2) is 9.52. The maximum Gasteiger partial charge on any atom is 0.338 e. The number of sulfonamides is 1. The molecule has 0 aromatic heterocycles. The first-order valence-corrected chi connectivity index (χ1v) is 11.3. The number of rotatable bonds is 6. The molecule has 0 spiro atoms. The lowest BCUT2D eigenvalue weighted by Crippen LogP contribution is -2.32. The molecule has 0 amide bonds. The summed E-state index contributed by atoms with van der Waals surface area (Å²) in [6, 6.07) is 12.0. The van der Waals surface area contributed by atoms with Crippen LogP contribution in [0.5, 0.6) is 0 Å². The minimum atomic E-state index is -3.67. The lowest BCUT2D eigenvalue weighted by atomic mass is 10.1. The summed E-state index contributed by atoms with van der Waals surface area (Å²) in [5.41, 5.74) is 0.462. The van der Waals surface area contributed by atoms with E-state index in [-0.39, 0.29) is 16.2 Å². The number of benzene rings is 2. The third-order valence-electron chi connectivity index (χ3n) is 4.77. The van der Waals surface area contributed by atoms with Gasteiger partial charge in [0.15, 0.2) is 12.4 Å². The van der Waals surface area contributed by atoms with Gasteiger partial charge in [-0.25, -0.2) is 13.2 Å². The number of carbonyl (C=O) groups excluding carboxylic acids is 2. The molecule has 2 aromatic rings. The predicted molar refractivity (Wildman–Crippen MR) is 110 cm³/mol. The molecule has 6 nitrogen and oxygen atoms in total. The molecule has 1 fully saturated rings. The summed E-state index contributed by atoms with van der Waals surface area (Å²) in [5, 5.41) is 0.501. The Hall–Kier alpha value is -2.22. The van der Waals surface area contributed by atoms with Crippen molar-refractivity contribution in [3.63, 3.8) is 0 Å². The average Bonchev–Trinajstić information content (AvgIpc) is 3.02. The Balaban J connectivity index is 1.69. The van der Waals surface area contributed by atoms with Gasteiger partial charge in [-0.05, 0) is 55.3 Å². The normalized spacial score (nSPS) is 15.5. The topological polar surface area (TPSA) is 80.8 Å². The number of nitrogens with zero attached hydrogens (tertiary/aromatic N) is 1.